The van der Waals surface area contributed by atoms with Crippen LogP contribution in [0.2, 0.25) is 0 Å². The van der Waals surface area contributed by atoms with Crippen LogP contribution in [0.4, 0.5) is 5.69 Å². The molecule has 8 heteroatoms. The van der Waals surface area contributed by atoms with Crippen molar-refractivity contribution in [2.24, 2.45) is 0 Å². The third-order valence-corrected chi connectivity index (χ3v) is 7.11. The standard InChI is InChI=1S/C18H27N3O4S/c1-13-4-3-5-15(14(13)2)19-18(23)10-20-6-8-21(9-7-20)16-11-26(24,25)12-17(16)22/h3-5,16-17,22H,6-12H2,1-2H3,(H,19,23)/t16-,17-/m0/s1. The van der Waals surface area contributed by atoms with Gasteiger partial charge in [-0.2, -0.15) is 0 Å². The molecule has 2 fully saturated rings. The number of aliphatic hydroxyl groups excluding tert-OH is 1. The molecular weight excluding hydrogens is 354 g/mol. The summed E-state index contributed by atoms with van der Waals surface area (Å²) in [6.45, 7) is 7.01. The van der Waals surface area contributed by atoms with Gasteiger partial charge in [0.2, 0.25) is 5.91 Å². The van der Waals surface area contributed by atoms with Crippen molar-refractivity contribution in [3.8, 4) is 0 Å². The fourth-order valence-electron chi connectivity index (χ4n) is 3.69. The topological polar surface area (TPSA) is 90.0 Å². The Morgan fingerprint density at radius 1 is 1.19 bits per heavy atom. The summed E-state index contributed by atoms with van der Waals surface area (Å²) in [5, 5.41) is 13.0. The second-order valence-corrected chi connectivity index (χ2v) is 9.47. The molecule has 0 bridgehead atoms. The lowest BCUT2D eigenvalue weighted by molar-refractivity contribution is -0.117. The van der Waals surface area contributed by atoms with Gasteiger partial charge in [0.15, 0.2) is 9.84 Å². The number of amides is 1. The first-order chi connectivity index (χ1) is 12.2. The summed E-state index contributed by atoms with van der Waals surface area (Å²) in [5.41, 5.74) is 3.05. The molecule has 1 amide bonds. The van der Waals surface area contributed by atoms with Crippen molar-refractivity contribution in [3.05, 3.63) is 29.3 Å². The molecule has 7 nitrogen and oxygen atoms in total. The summed E-state index contributed by atoms with van der Waals surface area (Å²) in [6.07, 6.45) is -0.806. The summed E-state index contributed by atoms with van der Waals surface area (Å²) in [4.78, 5) is 16.4. The lowest BCUT2D eigenvalue weighted by Crippen LogP contribution is -2.54. The van der Waals surface area contributed by atoms with Crippen molar-refractivity contribution in [3.63, 3.8) is 0 Å². The maximum atomic E-state index is 12.3. The molecule has 2 N–H and O–H groups in total. The SMILES string of the molecule is Cc1cccc(NC(=O)CN2CCN([C@H]3CS(=O)(=O)C[C@@H]3O)CC2)c1C. The number of anilines is 1. The number of nitrogens with one attached hydrogen (secondary N) is 1. The van der Waals surface area contributed by atoms with Crippen LogP contribution in [0.1, 0.15) is 11.1 Å². The summed E-state index contributed by atoms with van der Waals surface area (Å²) < 4.78 is 23.4. The van der Waals surface area contributed by atoms with Gasteiger partial charge in [0, 0.05) is 31.9 Å². The Bertz CT molecular complexity index is 773. The quantitative estimate of drug-likeness (QED) is 0.764. The highest BCUT2D eigenvalue weighted by molar-refractivity contribution is 7.91. The normalized spacial score (nSPS) is 26.7. The number of hydrogen-bond acceptors (Lipinski definition) is 6. The van der Waals surface area contributed by atoms with Crippen LogP contribution in [0.5, 0.6) is 0 Å². The van der Waals surface area contributed by atoms with Crippen molar-refractivity contribution >= 4 is 21.4 Å². The van der Waals surface area contributed by atoms with Crippen molar-refractivity contribution in [1.29, 1.82) is 0 Å². The molecule has 2 aliphatic rings. The van der Waals surface area contributed by atoms with E-state index >= 15 is 0 Å². The number of aryl methyl sites for hydroxylation is 1. The van der Waals surface area contributed by atoms with Crippen LogP contribution in [0, 0.1) is 13.8 Å². The van der Waals surface area contributed by atoms with Crippen molar-refractivity contribution in [2.45, 2.75) is 26.0 Å². The van der Waals surface area contributed by atoms with Gasteiger partial charge >= 0.3 is 0 Å². The summed E-state index contributed by atoms with van der Waals surface area (Å²) >= 11 is 0. The molecule has 0 radical (unpaired) electrons. The molecule has 0 aromatic heterocycles. The van der Waals surface area contributed by atoms with Crippen LogP contribution in [0.3, 0.4) is 0 Å². The number of benzene rings is 1. The van der Waals surface area contributed by atoms with E-state index in [2.05, 4.69) is 10.2 Å². The van der Waals surface area contributed by atoms with E-state index in [0.717, 1.165) is 16.8 Å². The third-order valence-electron chi connectivity index (χ3n) is 5.42. The smallest absolute Gasteiger partial charge is 0.238 e. The fourth-order valence-corrected chi connectivity index (χ4v) is 5.52. The number of hydrogen-bond donors (Lipinski definition) is 2. The Labute approximate surface area is 154 Å². The predicted molar refractivity (Wildman–Crippen MR) is 101 cm³/mol. The zero-order valence-corrected chi connectivity index (χ0v) is 16.1. The molecule has 26 heavy (non-hydrogen) atoms. The molecule has 2 aliphatic heterocycles. The van der Waals surface area contributed by atoms with Crippen molar-refractivity contribution in [2.75, 3.05) is 49.5 Å². The van der Waals surface area contributed by atoms with E-state index in [1.807, 2.05) is 36.9 Å². The highest BCUT2D eigenvalue weighted by atomic mass is 32.2. The van der Waals surface area contributed by atoms with Crippen LogP contribution in [-0.2, 0) is 14.6 Å². The summed E-state index contributed by atoms with van der Waals surface area (Å²) in [7, 11) is -3.14. The van der Waals surface area contributed by atoms with Crippen molar-refractivity contribution in [1.82, 2.24) is 9.80 Å². The first-order valence-electron chi connectivity index (χ1n) is 8.96. The Morgan fingerprint density at radius 3 is 2.50 bits per heavy atom. The molecule has 2 atom stereocenters. The second kappa shape index (κ2) is 7.64. The van der Waals surface area contributed by atoms with Crippen molar-refractivity contribution < 1.29 is 18.3 Å². The van der Waals surface area contributed by atoms with Gasteiger partial charge in [0.1, 0.15) is 0 Å². The minimum absolute atomic E-state index is 0.0291. The molecule has 144 valence electrons. The minimum atomic E-state index is -3.14. The molecule has 0 saturated carbocycles. The van der Waals surface area contributed by atoms with Crippen LogP contribution >= 0.6 is 0 Å². The number of carbonyl (C=O) groups is 1. The lowest BCUT2D eigenvalue weighted by atomic mass is 10.1. The van der Waals surface area contributed by atoms with Crippen LogP contribution in [0.15, 0.2) is 18.2 Å². The van der Waals surface area contributed by atoms with Gasteiger partial charge in [-0.25, -0.2) is 8.42 Å². The van der Waals surface area contributed by atoms with E-state index in [1.165, 1.54) is 0 Å². The van der Waals surface area contributed by atoms with E-state index in [0.29, 0.717) is 32.7 Å². The highest BCUT2D eigenvalue weighted by Crippen LogP contribution is 2.20. The van der Waals surface area contributed by atoms with E-state index in [1.54, 1.807) is 0 Å². The monoisotopic (exact) mass is 381 g/mol. The zero-order valence-electron chi connectivity index (χ0n) is 15.3. The Kier molecular flexibility index (Phi) is 5.67. The van der Waals surface area contributed by atoms with E-state index in [-0.39, 0.29) is 23.5 Å². The second-order valence-electron chi connectivity index (χ2n) is 7.32. The molecule has 0 unspecified atom stereocenters. The summed E-state index contributed by atoms with van der Waals surface area (Å²) in [5.74, 6) is -0.159. The third kappa shape index (κ3) is 4.43. The largest absolute Gasteiger partial charge is 0.390 e. The zero-order chi connectivity index (χ0) is 18.9. The van der Waals surface area contributed by atoms with Gasteiger partial charge in [0.25, 0.3) is 0 Å². The molecule has 2 saturated heterocycles. The maximum Gasteiger partial charge on any atom is 0.238 e. The summed E-state index contributed by atoms with van der Waals surface area (Å²) in [6, 6.07) is 5.53. The van der Waals surface area contributed by atoms with Crippen LogP contribution < -0.4 is 5.32 Å². The van der Waals surface area contributed by atoms with Gasteiger partial charge in [-0.05, 0) is 31.0 Å². The average molecular weight is 381 g/mol. The number of piperazine rings is 1. The number of carbonyl (C=O) groups excluding carboxylic acids is 1. The lowest BCUT2D eigenvalue weighted by Gasteiger charge is -2.38. The Hall–Kier alpha value is -1.48. The van der Waals surface area contributed by atoms with E-state index < -0.39 is 15.9 Å². The van der Waals surface area contributed by atoms with Gasteiger partial charge in [-0.3, -0.25) is 14.6 Å². The number of aliphatic hydroxyl groups is 1. The molecule has 1 aromatic carbocycles. The van der Waals surface area contributed by atoms with Gasteiger partial charge < -0.3 is 10.4 Å². The Morgan fingerprint density at radius 2 is 1.88 bits per heavy atom. The number of nitrogens with zero attached hydrogens (tertiary/aromatic N) is 2. The van der Waals surface area contributed by atoms with Gasteiger partial charge in [0.05, 0.1) is 30.2 Å². The maximum absolute atomic E-state index is 12.3. The minimum Gasteiger partial charge on any atom is -0.390 e. The average Bonchev–Trinajstić information content (AvgIpc) is 2.85. The Balaban J connectivity index is 1.49. The molecule has 1 aromatic rings. The van der Waals surface area contributed by atoms with Gasteiger partial charge in [-0.1, -0.05) is 12.1 Å². The van der Waals surface area contributed by atoms with E-state index in [4.69, 9.17) is 0 Å². The molecular formula is C18H27N3O4S. The molecule has 2 heterocycles. The first-order valence-corrected chi connectivity index (χ1v) is 10.8. The number of rotatable bonds is 4. The van der Waals surface area contributed by atoms with Crippen LogP contribution in [-0.4, -0.2) is 85.6 Å². The fraction of sp³-hybridized carbons (Fsp3) is 0.611. The molecule has 3 rings (SSSR count). The van der Waals surface area contributed by atoms with E-state index in [9.17, 15) is 18.3 Å². The van der Waals surface area contributed by atoms with Crippen LogP contribution in [0.25, 0.3) is 0 Å². The predicted octanol–water partition coefficient (Wildman–Crippen LogP) is 0.0174. The highest BCUT2D eigenvalue weighted by Gasteiger charge is 2.40. The molecule has 0 spiro atoms. The molecule has 0 aliphatic carbocycles. The number of sulfone groups is 1. The first kappa shape index (κ1) is 19.3. The van der Waals surface area contributed by atoms with Gasteiger partial charge in [-0.15, -0.1) is 0 Å².